The van der Waals surface area contributed by atoms with Gasteiger partial charge in [0.1, 0.15) is 6.04 Å². The molecule has 1 aromatic rings. The average Bonchev–Trinajstić information content (AvgIpc) is 2.83. The number of carboxylic acids is 1. The molecule has 106 valence electrons. The fourth-order valence-electron chi connectivity index (χ4n) is 1.39. The maximum absolute atomic E-state index is 11.8. The van der Waals surface area contributed by atoms with Gasteiger partial charge in [0.2, 0.25) is 5.76 Å². The topological polar surface area (TPSA) is 102 Å². The summed E-state index contributed by atoms with van der Waals surface area (Å²) in [6, 6.07) is 0.495. The van der Waals surface area contributed by atoms with Gasteiger partial charge in [0, 0.05) is 26.2 Å². The molecule has 0 bridgehead atoms. The Morgan fingerprint density at radius 2 is 2.21 bits per heavy atom. The summed E-state index contributed by atoms with van der Waals surface area (Å²) in [7, 11) is 1.46. The first-order valence-corrected chi connectivity index (χ1v) is 5.95. The maximum atomic E-state index is 11.8. The largest absolute Gasteiger partial charge is 0.480 e. The second-order valence-electron chi connectivity index (χ2n) is 4.42. The number of rotatable bonds is 7. The molecule has 0 spiro atoms. The Kier molecular flexibility index (Phi) is 5.50. The fourth-order valence-corrected chi connectivity index (χ4v) is 1.39. The van der Waals surface area contributed by atoms with E-state index in [0.29, 0.717) is 5.69 Å². The molecule has 1 aromatic heterocycles. The van der Waals surface area contributed by atoms with Crippen LogP contribution in [0, 0.1) is 0 Å². The number of carbonyl (C=O) groups is 2. The molecule has 0 saturated carbocycles. The number of hydrogen-bond acceptors (Lipinski definition) is 5. The van der Waals surface area contributed by atoms with E-state index in [0.717, 1.165) is 0 Å². The molecule has 0 aromatic carbocycles. The van der Waals surface area contributed by atoms with Gasteiger partial charge in [-0.15, -0.1) is 0 Å². The highest BCUT2D eigenvalue weighted by atomic mass is 16.5. The van der Waals surface area contributed by atoms with Crippen LogP contribution in [0.5, 0.6) is 0 Å². The van der Waals surface area contributed by atoms with Crippen molar-refractivity contribution in [3.63, 3.8) is 0 Å². The van der Waals surface area contributed by atoms with Gasteiger partial charge in [0.25, 0.3) is 5.91 Å². The van der Waals surface area contributed by atoms with Gasteiger partial charge in [-0.3, -0.25) is 4.79 Å². The summed E-state index contributed by atoms with van der Waals surface area (Å²) in [5.74, 6) is -1.57. The second kappa shape index (κ2) is 6.89. The molecule has 0 aliphatic carbocycles. The van der Waals surface area contributed by atoms with Crippen LogP contribution in [0.1, 0.15) is 42.4 Å². The number of methoxy groups -OCH3 is 1. The molecule has 0 fully saturated rings. The van der Waals surface area contributed by atoms with Crippen LogP contribution in [0.3, 0.4) is 0 Å². The van der Waals surface area contributed by atoms with Crippen LogP contribution in [0.4, 0.5) is 0 Å². The monoisotopic (exact) mass is 270 g/mol. The van der Waals surface area contributed by atoms with Crippen molar-refractivity contribution in [2.75, 3.05) is 13.7 Å². The Bertz CT molecular complexity index is 441. The normalized spacial score (nSPS) is 12.4. The van der Waals surface area contributed by atoms with Gasteiger partial charge in [0.05, 0.1) is 5.69 Å². The van der Waals surface area contributed by atoms with Crippen LogP contribution in [0.25, 0.3) is 0 Å². The molecule has 0 aliphatic heterocycles. The van der Waals surface area contributed by atoms with Crippen LogP contribution >= 0.6 is 0 Å². The molecular weight excluding hydrogens is 252 g/mol. The molecule has 7 heteroatoms. The SMILES string of the molecule is COCCC(NC(=O)c1cc(C(C)C)no1)C(=O)O. The fraction of sp³-hybridized carbons (Fsp3) is 0.583. The summed E-state index contributed by atoms with van der Waals surface area (Å²) < 4.78 is 9.68. The number of amides is 1. The molecule has 1 unspecified atom stereocenters. The second-order valence-corrected chi connectivity index (χ2v) is 4.42. The summed E-state index contributed by atoms with van der Waals surface area (Å²) in [5, 5.41) is 15.1. The Morgan fingerprint density at radius 1 is 1.53 bits per heavy atom. The molecule has 0 aliphatic rings. The quantitative estimate of drug-likeness (QED) is 0.767. The minimum absolute atomic E-state index is 0.00682. The third-order valence-electron chi connectivity index (χ3n) is 2.56. The first-order valence-electron chi connectivity index (χ1n) is 5.95. The summed E-state index contributed by atoms with van der Waals surface area (Å²) in [4.78, 5) is 22.8. The number of hydrogen-bond donors (Lipinski definition) is 2. The van der Waals surface area contributed by atoms with Crippen molar-refractivity contribution in [3.8, 4) is 0 Å². The minimum Gasteiger partial charge on any atom is -0.480 e. The molecule has 1 atom stereocenters. The highest BCUT2D eigenvalue weighted by molar-refractivity contribution is 5.94. The van der Waals surface area contributed by atoms with Crippen LogP contribution in [-0.4, -0.2) is 41.9 Å². The van der Waals surface area contributed by atoms with Gasteiger partial charge in [-0.1, -0.05) is 19.0 Å². The molecule has 7 nitrogen and oxygen atoms in total. The third kappa shape index (κ3) is 4.36. The van der Waals surface area contributed by atoms with E-state index >= 15 is 0 Å². The predicted molar refractivity (Wildman–Crippen MR) is 66.0 cm³/mol. The molecular formula is C12H18N2O5. The van der Waals surface area contributed by atoms with Crippen LogP contribution in [0.2, 0.25) is 0 Å². The van der Waals surface area contributed by atoms with Gasteiger partial charge in [0.15, 0.2) is 0 Å². The average molecular weight is 270 g/mol. The van der Waals surface area contributed by atoms with Crippen molar-refractivity contribution in [1.82, 2.24) is 10.5 Å². The summed E-state index contributed by atoms with van der Waals surface area (Å²) in [5.41, 5.74) is 0.647. The van der Waals surface area contributed by atoms with Gasteiger partial charge < -0.3 is 19.7 Å². The van der Waals surface area contributed by atoms with E-state index in [4.69, 9.17) is 14.4 Å². The van der Waals surface area contributed by atoms with Crippen LogP contribution in [0.15, 0.2) is 10.6 Å². The molecule has 1 amide bonds. The lowest BCUT2D eigenvalue weighted by molar-refractivity contribution is -0.139. The number of aromatic nitrogens is 1. The van der Waals surface area contributed by atoms with E-state index in [1.54, 1.807) is 0 Å². The molecule has 1 rings (SSSR count). The van der Waals surface area contributed by atoms with Gasteiger partial charge in [-0.2, -0.15) is 0 Å². The minimum atomic E-state index is -1.12. The van der Waals surface area contributed by atoms with Crippen LogP contribution in [-0.2, 0) is 9.53 Å². The number of nitrogens with one attached hydrogen (secondary N) is 1. The van der Waals surface area contributed by atoms with E-state index in [1.807, 2.05) is 13.8 Å². The smallest absolute Gasteiger partial charge is 0.326 e. The summed E-state index contributed by atoms with van der Waals surface area (Å²) in [6.45, 7) is 4.07. The van der Waals surface area contributed by atoms with Crippen LogP contribution < -0.4 is 5.32 Å². The summed E-state index contributed by atoms with van der Waals surface area (Å²) in [6.07, 6.45) is 0.183. The number of aliphatic carboxylic acids is 1. The number of carboxylic acid groups (broad SMARTS) is 1. The number of carbonyl (C=O) groups excluding carboxylic acids is 1. The zero-order valence-corrected chi connectivity index (χ0v) is 11.2. The van der Waals surface area contributed by atoms with E-state index in [1.165, 1.54) is 13.2 Å². The van der Waals surface area contributed by atoms with E-state index in [9.17, 15) is 9.59 Å². The van der Waals surface area contributed by atoms with E-state index in [2.05, 4.69) is 10.5 Å². The summed E-state index contributed by atoms with van der Waals surface area (Å²) >= 11 is 0. The van der Waals surface area contributed by atoms with Gasteiger partial charge in [-0.25, -0.2) is 4.79 Å². The third-order valence-corrected chi connectivity index (χ3v) is 2.56. The van der Waals surface area contributed by atoms with E-state index < -0.39 is 17.9 Å². The van der Waals surface area contributed by atoms with E-state index in [-0.39, 0.29) is 24.7 Å². The lowest BCUT2D eigenvalue weighted by atomic mass is 10.1. The molecule has 1 heterocycles. The number of ether oxygens (including phenoxy) is 1. The predicted octanol–water partition coefficient (Wildman–Crippen LogP) is 1.02. The van der Waals surface area contributed by atoms with Crippen molar-refractivity contribution in [3.05, 3.63) is 17.5 Å². The van der Waals surface area contributed by atoms with Gasteiger partial charge >= 0.3 is 5.97 Å². The zero-order chi connectivity index (χ0) is 14.4. The standard InChI is InChI=1S/C12H18N2O5/c1-7(2)9-6-10(19-14-9)11(15)13-8(12(16)17)4-5-18-3/h6-8H,4-5H2,1-3H3,(H,13,15)(H,16,17). The highest BCUT2D eigenvalue weighted by Gasteiger charge is 2.23. The molecule has 0 saturated heterocycles. The van der Waals surface area contributed by atoms with Crippen molar-refractivity contribution in [2.24, 2.45) is 0 Å². The molecule has 2 N–H and O–H groups in total. The van der Waals surface area contributed by atoms with Crippen molar-refractivity contribution >= 4 is 11.9 Å². The van der Waals surface area contributed by atoms with Crippen molar-refractivity contribution < 1.29 is 24.0 Å². The highest BCUT2D eigenvalue weighted by Crippen LogP contribution is 2.14. The molecule has 19 heavy (non-hydrogen) atoms. The zero-order valence-electron chi connectivity index (χ0n) is 11.2. The Labute approximate surface area is 110 Å². The maximum Gasteiger partial charge on any atom is 0.326 e. The Balaban J connectivity index is 2.67. The van der Waals surface area contributed by atoms with Crippen molar-refractivity contribution in [1.29, 1.82) is 0 Å². The lowest BCUT2D eigenvalue weighted by Gasteiger charge is -2.12. The first kappa shape index (κ1) is 15.2. The number of nitrogens with zero attached hydrogens (tertiary/aromatic N) is 1. The van der Waals surface area contributed by atoms with Gasteiger partial charge in [-0.05, 0) is 5.92 Å². The Morgan fingerprint density at radius 3 is 2.68 bits per heavy atom. The van der Waals surface area contributed by atoms with Crippen molar-refractivity contribution in [2.45, 2.75) is 32.2 Å². The first-order chi connectivity index (χ1) is 8.95. The molecule has 0 radical (unpaired) electrons. The Hall–Kier alpha value is -1.89. The lowest BCUT2D eigenvalue weighted by Crippen LogP contribution is -2.41.